The summed E-state index contributed by atoms with van der Waals surface area (Å²) < 4.78 is 0.955. The second-order valence-corrected chi connectivity index (χ2v) is 4.27. The molecular formula is C11H11BrN4. The molecule has 0 amide bonds. The molecule has 0 aliphatic carbocycles. The van der Waals surface area contributed by atoms with Crippen LogP contribution in [0.1, 0.15) is 11.3 Å². The lowest BCUT2D eigenvalue weighted by Gasteiger charge is -2.06. The Labute approximate surface area is 102 Å². The molecule has 0 aliphatic rings. The smallest absolute Gasteiger partial charge is 0.140 e. The lowest BCUT2D eigenvalue weighted by Crippen LogP contribution is -2.04. The summed E-state index contributed by atoms with van der Waals surface area (Å²) in [6, 6.07) is 5.80. The van der Waals surface area contributed by atoms with Crippen LogP contribution in [0.3, 0.4) is 0 Å². The summed E-state index contributed by atoms with van der Waals surface area (Å²) >= 11 is 3.46. The molecule has 0 radical (unpaired) electrons. The van der Waals surface area contributed by atoms with Crippen LogP contribution in [0, 0.1) is 6.92 Å². The second kappa shape index (κ2) is 5.03. The number of aromatic nitrogens is 3. The first kappa shape index (κ1) is 11.0. The number of halogens is 1. The average molecular weight is 279 g/mol. The van der Waals surface area contributed by atoms with Crippen LogP contribution in [-0.4, -0.2) is 15.2 Å². The number of aryl methyl sites for hydroxylation is 1. The fourth-order valence-electron chi connectivity index (χ4n) is 1.27. The maximum absolute atomic E-state index is 4.29. The highest BCUT2D eigenvalue weighted by Gasteiger charge is 2.01. The number of nitrogens with zero attached hydrogens (tertiary/aromatic N) is 3. The van der Waals surface area contributed by atoms with E-state index in [4.69, 9.17) is 0 Å². The van der Waals surface area contributed by atoms with Gasteiger partial charge in [0.05, 0.1) is 16.7 Å². The summed E-state index contributed by atoms with van der Waals surface area (Å²) in [7, 11) is 0. The van der Waals surface area contributed by atoms with Crippen LogP contribution in [0.2, 0.25) is 0 Å². The molecule has 0 saturated heterocycles. The van der Waals surface area contributed by atoms with Gasteiger partial charge in [-0.25, -0.2) is 4.98 Å². The van der Waals surface area contributed by atoms with E-state index in [0.29, 0.717) is 6.54 Å². The van der Waals surface area contributed by atoms with E-state index < -0.39 is 0 Å². The minimum absolute atomic E-state index is 0.614. The number of rotatable bonds is 3. The molecule has 2 aromatic rings. The Morgan fingerprint density at radius 3 is 3.00 bits per heavy atom. The zero-order chi connectivity index (χ0) is 11.4. The summed E-state index contributed by atoms with van der Waals surface area (Å²) in [4.78, 5) is 4.29. The third-order valence-electron chi connectivity index (χ3n) is 2.04. The zero-order valence-electron chi connectivity index (χ0n) is 8.81. The van der Waals surface area contributed by atoms with Crippen molar-refractivity contribution in [3.8, 4) is 0 Å². The molecule has 82 valence electrons. The molecule has 0 spiro atoms. The quantitative estimate of drug-likeness (QED) is 0.938. The van der Waals surface area contributed by atoms with Crippen LogP contribution >= 0.6 is 15.9 Å². The summed E-state index contributed by atoms with van der Waals surface area (Å²) in [5, 5.41) is 11.0. The highest BCUT2D eigenvalue weighted by atomic mass is 79.9. The predicted molar refractivity (Wildman–Crippen MR) is 66.0 cm³/mol. The normalized spacial score (nSPS) is 10.1. The van der Waals surface area contributed by atoms with Crippen molar-refractivity contribution in [1.29, 1.82) is 0 Å². The SMILES string of the molecule is Cc1cnc(NCc2cccnn2)c(Br)c1. The van der Waals surface area contributed by atoms with Gasteiger partial charge in [-0.05, 0) is 46.6 Å². The maximum atomic E-state index is 4.29. The minimum Gasteiger partial charge on any atom is -0.363 e. The van der Waals surface area contributed by atoms with Crippen LogP contribution in [0.25, 0.3) is 0 Å². The largest absolute Gasteiger partial charge is 0.363 e. The minimum atomic E-state index is 0.614. The van der Waals surface area contributed by atoms with E-state index in [2.05, 4.69) is 36.4 Å². The standard InChI is InChI=1S/C11H11BrN4/c1-8-5-10(12)11(13-6-8)14-7-9-3-2-4-15-16-9/h2-6H,7H2,1H3,(H,13,14). The third kappa shape index (κ3) is 2.76. The van der Waals surface area contributed by atoms with Crippen molar-refractivity contribution in [3.63, 3.8) is 0 Å². The van der Waals surface area contributed by atoms with Crippen molar-refractivity contribution >= 4 is 21.7 Å². The van der Waals surface area contributed by atoms with Gasteiger partial charge in [0.15, 0.2) is 0 Å². The summed E-state index contributed by atoms with van der Waals surface area (Å²) in [6.45, 7) is 2.62. The van der Waals surface area contributed by atoms with Gasteiger partial charge in [0.25, 0.3) is 0 Å². The monoisotopic (exact) mass is 278 g/mol. The van der Waals surface area contributed by atoms with E-state index in [0.717, 1.165) is 21.5 Å². The Balaban J connectivity index is 2.05. The van der Waals surface area contributed by atoms with Crippen LogP contribution in [0.5, 0.6) is 0 Å². The summed E-state index contributed by atoms with van der Waals surface area (Å²) in [5.74, 6) is 0.816. The van der Waals surface area contributed by atoms with Crippen LogP contribution in [0.15, 0.2) is 35.1 Å². The molecule has 16 heavy (non-hydrogen) atoms. The highest BCUT2D eigenvalue weighted by molar-refractivity contribution is 9.10. The first-order valence-electron chi connectivity index (χ1n) is 4.88. The molecule has 4 nitrogen and oxygen atoms in total. The molecule has 1 N–H and O–H groups in total. The van der Waals surface area contributed by atoms with Crippen molar-refractivity contribution in [2.45, 2.75) is 13.5 Å². The topological polar surface area (TPSA) is 50.7 Å². The van der Waals surface area contributed by atoms with Crippen LogP contribution in [-0.2, 0) is 6.54 Å². The molecule has 0 bridgehead atoms. The molecule has 0 unspecified atom stereocenters. The lowest BCUT2D eigenvalue weighted by atomic mass is 10.3. The lowest BCUT2D eigenvalue weighted by molar-refractivity contribution is 0.919. The molecule has 2 rings (SSSR count). The van der Waals surface area contributed by atoms with Crippen molar-refractivity contribution < 1.29 is 0 Å². The van der Waals surface area contributed by atoms with Crippen LogP contribution in [0.4, 0.5) is 5.82 Å². The summed E-state index contributed by atoms with van der Waals surface area (Å²) in [5.41, 5.74) is 2.01. The van der Waals surface area contributed by atoms with Crippen molar-refractivity contribution in [1.82, 2.24) is 15.2 Å². The zero-order valence-corrected chi connectivity index (χ0v) is 10.4. The predicted octanol–water partition coefficient (Wildman–Crippen LogP) is 2.55. The molecule has 0 aromatic carbocycles. The molecule has 0 aliphatic heterocycles. The van der Waals surface area contributed by atoms with Gasteiger partial charge in [0.2, 0.25) is 0 Å². The number of hydrogen-bond donors (Lipinski definition) is 1. The first-order chi connectivity index (χ1) is 7.75. The Bertz CT molecular complexity index is 473. The van der Waals surface area contributed by atoms with Crippen LogP contribution < -0.4 is 5.32 Å². The second-order valence-electron chi connectivity index (χ2n) is 3.41. The van der Waals surface area contributed by atoms with E-state index >= 15 is 0 Å². The van der Waals surface area contributed by atoms with E-state index in [1.54, 1.807) is 6.20 Å². The molecule has 5 heteroatoms. The maximum Gasteiger partial charge on any atom is 0.140 e. The van der Waals surface area contributed by atoms with Gasteiger partial charge in [0.1, 0.15) is 5.82 Å². The van der Waals surface area contributed by atoms with E-state index in [1.807, 2.05) is 31.3 Å². The Morgan fingerprint density at radius 1 is 1.44 bits per heavy atom. The van der Waals surface area contributed by atoms with Gasteiger partial charge in [-0.15, -0.1) is 0 Å². The molecule has 0 atom stereocenters. The fraction of sp³-hybridized carbons (Fsp3) is 0.182. The summed E-state index contributed by atoms with van der Waals surface area (Å²) in [6.07, 6.45) is 3.48. The average Bonchev–Trinajstić information content (AvgIpc) is 2.29. The van der Waals surface area contributed by atoms with Crippen molar-refractivity contribution in [3.05, 3.63) is 46.3 Å². The van der Waals surface area contributed by atoms with Gasteiger partial charge in [0, 0.05) is 12.4 Å². The van der Waals surface area contributed by atoms with Gasteiger partial charge < -0.3 is 5.32 Å². The number of anilines is 1. The van der Waals surface area contributed by atoms with Crippen molar-refractivity contribution in [2.75, 3.05) is 5.32 Å². The Morgan fingerprint density at radius 2 is 2.31 bits per heavy atom. The number of nitrogens with one attached hydrogen (secondary N) is 1. The molecule has 2 heterocycles. The number of pyridine rings is 1. The van der Waals surface area contributed by atoms with E-state index in [1.165, 1.54) is 0 Å². The first-order valence-corrected chi connectivity index (χ1v) is 5.67. The molecule has 2 aromatic heterocycles. The number of hydrogen-bond acceptors (Lipinski definition) is 4. The highest BCUT2D eigenvalue weighted by Crippen LogP contribution is 2.20. The van der Waals surface area contributed by atoms with E-state index in [-0.39, 0.29) is 0 Å². The van der Waals surface area contributed by atoms with Gasteiger partial charge >= 0.3 is 0 Å². The van der Waals surface area contributed by atoms with Gasteiger partial charge in [-0.2, -0.15) is 10.2 Å². The molecular weight excluding hydrogens is 268 g/mol. The van der Waals surface area contributed by atoms with Crippen molar-refractivity contribution in [2.24, 2.45) is 0 Å². The fourth-order valence-corrected chi connectivity index (χ4v) is 1.87. The Hall–Kier alpha value is -1.49. The Kier molecular flexibility index (Phi) is 3.46. The van der Waals surface area contributed by atoms with Gasteiger partial charge in [-0.1, -0.05) is 0 Å². The third-order valence-corrected chi connectivity index (χ3v) is 2.65. The van der Waals surface area contributed by atoms with Gasteiger partial charge in [-0.3, -0.25) is 0 Å². The molecule has 0 fully saturated rings. The molecule has 0 saturated carbocycles. The van der Waals surface area contributed by atoms with E-state index in [9.17, 15) is 0 Å².